The molecule has 1 saturated heterocycles. The van der Waals surface area contributed by atoms with Crippen LogP contribution in [0.25, 0.3) is 5.52 Å². The lowest BCUT2D eigenvalue weighted by molar-refractivity contribution is -0.174. The first-order valence-electron chi connectivity index (χ1n) is 12.9. The van der Waals surface area contributed by atoms with Gasteiger partial charge in [0.15, 0.2) is 18.0 Å². The smallest absolute Gasteiger partial charge is 0.308 e. The fourth-order valence-corrected chi connectivity index (χ4v) is 3.36. The number of carbonyl (C=O) groups is 3. The first kappa shape index (κ1) is 22.7. The number of aromatic nitrogens is 3. The molecule has 0 aromatic carbocycles. The zero-order chi connectivity index (χ0) is 29.4. The quantitative estimate of drug-likeness (QED) is 0.411. The van der Waals surface area contributed by atoms with E-state index in [1.807, 2.05) is 6.07 Å². The van der Waals surface area contributed by atoms with Crippen LogP contribution in [0.3, 0.4) is 0 Å². The van der Waals surface area contributed by atoms with Gasteiger partial charge in [0.1, 0.15) is 30.6 Å². The van der Waals surface area contributed by atoms with Crippen molar-refractivity contribution in [1.82, 2.24) is 14.6 Å². The minimum atomic E-state index is -2.96. The number of nitriles is 1. The standard InChI is InChI=1S/C24H31N5O7/c1-12(2)21(30)33-9-16-18(34-22(31)13(3)4)19(35-23(32)14(5)6)24(10-25,36-16)17-8-7-15-20(26)27-11-28-29(15)17/h7-8,11-14,16,18-19H,9H2,1-6H3,(H2,26,27,28)/t16-,18-,19-,24+/m1/s1/i7D,9D2. The molecule has 3 rings (SSSR count). The van der Waals surface area contributed by atoms with E-state index in [0.29, 0.717) is 0 Å². The highest BCUT2D eigenvalue weighted by Gasteiger charge is 2.63. The number of fused-ring (bicyclic) bond motifs is 1. The Balaban J connectivity index is 2.31. The van der Waals surface area contributed by atoms with E-state index < -0.39 is 66.1 Å². The Hall–Kier alpha value is -3.72. The van der Waals surface area contributed by atoms with Gasteiger partial charge in [-0.15, -0.1) is 0 Å². The van der Waals surface area contributed by atoms with Crippen molar-refractivity contribution in [2.24, 2.45) is 17.8 Å². The van der Waals surface area contributed by atoms with E-state index in [-0.39, 0.29) is 23.1 Å². The van der Waals surface area contributed by atoms with E-state index >= 15 is 0 Å². The second kappa shape index (κ2) is 10.5. The number of nitrogens with two attached hydrogens (primary N) is 1. The molecule has 3 heterocycles. The van der Waals surface area contributed by atoms with Crippen LogP contribution in [0.15, 0.2) is 18.4 Å². The van der Waals surface area contributed by atoms with Crippen LogP contribution in [0.4, 0.5) is 5.82 Å². The van der Waals surface area contributed by atoms with Gasteiger partial charge in [0.05, 0.1) is 27.6 Å². The molecule has 2 N–H and O–H groups in total. The largest absolute Gasteiger partial charge is 0.463 e. The van der Waals surface area contributed by atoms with Crippen molar-refractivity contribution in [3.63, 3.8) is 0 Å². The zero-order valence-electron chi connectivity index (χ0n) is 23.8. The van der Waals surface area contributed by atoms with Gasteiger partial charge in [-0.05, 0) is 12.1 Å². The summed E-state index contributed by atoms with van der Waals surface area (Å²) in [6, 6.07) is 2.90. The molecule has 194 valence electrons. The fraction of sp³-hybridized carbons (Fsp3) is 0.583. The Bertz CT molecular complexity index is 1320. The average molecular weight is 505 g/mol. The number of carbonyl (C=O) groups excluding carboxylic acids is 3. The molecule has 12 heteroatoms. The van der Waals surface area contributed by atoms with Gasteiger partial charge in [0.25, 0.3) is 0 Å². The summed E-state index contributed by atoms with van der Waals surface area (Å²) < 4.78 is 49.0. The summed E-state index contributed by atoms with van der Waals surface area (Å²) in [6.07, 6.45) is -4.40. The summed E-state index contributed by atoms with van der Waals surface area (Å²) in [5, 5.41) is 14.6. The van der Waals surface area contributed by atoms with Crippen LogP contribution in [0.1, 0.15) is 51.3 Å². The van der Waals surface area contributed by atoms with Crippen LogP contribution >= 0.6 is 0 Å². The van der Waals surface area contributed by atoms with Crippen molar-refractivity contribution in [2.75, 3.05) is 12.3 Å². The van der Waals surface area contributed by atoms with Crippen molar-refractivity contribution in [1.29, 1.82) is 5.26 Å². The predicted octanol–water partition coefficient (Wildman–Crippen LogP) is 1.76. The number of nitrogens with zero attached hydrogens (tertiary/aromatic N) is 4. The molecule has 36 heavy (non-hydrogen) atoms. The third-order valence-corrected chi connectivity index (χ3v) is 5.43. The van der Waals surface area contributed by atoms with Crippen LogP contribution in [0, 0.1) is 29.1 Å². The lowest BCUT2D eigenvalue weighted by Gasteiger charge is -2.29. The van der Waals surface area contributed by atoms with Crippen molar-refractivity contribution < 1.29 is 37.4 Å². The monoisotopic (exact) mass is 504 g/mol. The van der Waals surface area contributed by atoms with Gasteiger partial charge in [0.2, 0.25) is 5.60 Å². The zero-order valence-corrected chi connectivity index (χ0v) is 20.8. The van der Waals surface area contributed by atoms with Gasteiger partial charge >= 0.3 is 17.9 Å². The Morgan fingerprint density at radius 3 is 2.39 bits per heavy atom. The molecule has 0 amide bonds. The SMILES string of the molecule is [2H]c1cc([C@]2(C#N)O[C@H](C([2H])([2H])OC(=O)C(C)C)[C@@H](OC(=O)C(C)C)[C@H]2OC(=O)C(C)C)n2ncnc(N)c12. The normalized spacial score (nSPS) is 25.3. The van der Waals surface area contributed by atoms with Gasteiger partial charge in [-0.2, -0.15) is 10.4 Å². The summed E-state index contributed by atoms with van der Waals surface area (Å²) in [7, 11) is 0. The highest BCUT2D eigenvalue weighted by atomic mass is 16.7. The topological polar surface area (TPSA) is 168 Å². The molecule has 0 aliphatic carbocycles. The number of rotatable bonds is 8. The Kier molecular flexibility index (Phi) is 6.62. The molecule has 0 spiro atoms. The second-order valence-corrected chi connectivity index (χ2v) is 9.23. The predicted molar refractivity (Wildman–Crippen MR) is 125 cm³/mol. The molecule has 2 aromatic rings. The number of ether oxygens (including phenoxy) is 4. The summed E-state index contributed by atoms with van der Waals surface area (Å²) in [5.74, 6) is -4.77. The lowest BCUT2D eigenvalue weighted by Crippen LogP contribution is -2.47. The maximum atomic E-state index is 12.8. The maximum absolute atomic E-state index is 12.8. The van der Waals surface area contributed by atoms with Crippen molar-refractivity contribution in [2.45, 2.75) is 65.5 Å². The molecule has 4 atom stereocenters. The number of nitrogen functional groups attached to an aromatic ring is 1. The third kappa shape index (κ3) is 4.97. The van der Waals surface area contributed by atoms with Gasteiger partial charge in [-0.1, -0.05) is 41.5 Å². The second-order valence-electron chi connectivity index (χ2n) is 9.23. The molecule has 1 aliphatic heterocycles. The highest BCUT2D eigenvalue weighted by Crippen LogP contribution is 2.44. The molecule has 0 saturated carbocycles. The molecule has 12 nitrogen and oxygen atoms in total. The first-order valence-corrected chi connectivity index (χ1v) is 11.4. The molecule has 1 fully saturated rings. The van der Waals surface area contributed by atoms with E-state index in [2.05, 4.69) is 10.1 Å². The number of hydrogen-bond acceptors (Lipinski definition) is 11. The molecule has 0 bridgehead atoms. The molecule has 0 unspecified atom stereocenters. The van der Waals surface area contributed by atoms with Crippen LogP contribution in [0.2, 0.25) is 0 Å². The van der Waals surface area contributed by atoms with Gasteiger partial charge in [-0.25, -0.2) is 9.50 Å². The Morgan fingerprint density at radius 1 is 1.19 bits per heavy atom. The molecule has 0 radical (unpaired) electrons. The van der Waals surface area contributed by atoms with E-state index in [1.165, 1.54) is 47.6 Å². The molecule has 2 aromatic heterocycles. The molecular formula is C24H31N5O7. The van der Waals surface area contributed by atoms with Gasteiger partial charge in [-0.3, -0.25) is 14.4 Å². The fourth-order valence-electron chi connectivity index (χ4n) is 3.36. The molecule has 1 aliphatic rings. The minimum Gasteiger partial charge on any atom is -0.463 e. The third-order valence-electron chi connectivity index (χ3n) is 5.43. The summed E-state index contributed by atoms with van der Waals surface area (Å²) in [4.78, 5) is 41.8. The number of anilines is 1. The maximum Gasteiger partial charge on any atom is 0.308 e. The van der Waals surface area contributed by atoms with E-state index in [0.717, 1.165) is 10.8 Å². The number of hydrogen-bond donors (Lipinski definition) is 1. The Labute approximate surface area is 212 Å². The van der Waals surface area contributed by atoms with Crippen LogP contribution in [-0.2, 0) is 38.9 Å². The summed E-state index contributed by atoms with van der Waals surface area (Å²) in [5.41, 5.74) is 3.38. The number of esters is 3. The lowest BCUT2D eigenvalue weighted by atomic mass is 9.91. The van der Waals surface area contributed by atoms with E-state index in [1.54, 1.807) is 0 Å². The Morgan fingerprint density at radius 2 is 1.81 bits per heavy atom. The van der Waals surface area contributed by atoms with E-state index in [4.69, 9.17) is 28.8 Å². The van der Waals surface area contributed by atoms with Crippen molar-refractivity contribution in [3.05, 3.63) is 24.1 Å². The summed E-state index contributed by atoms with van der Waals surface area (Å²) >= 11 is 0. The highest BCUT2D eigenvalue weighted by molar-refractivity contribution is 5.74. The molecular weight excluding hydrogens is 470 g/mol. The van der Waals surface area contributed by atoms with Gasteiger partial charge < -0.3 is 24.7 Å². The van der Waals surface area contributed by atoms with E-state index in [9.17, 15) is 19.6 Å². The van der Waals surface area contributed by atoms with Crippen LogP contribution in [0.5, 0.6) is 0 Å². The van der Waals surface area contributed by atoms with Gasteiger partial charge in [0, 0.05) is 0 Å². The first-order chi connectivity index (χ1) is 18.1. The van der Waals surface area contributed by atoms with Crippen LogP contribution in [-0.4, -0.2) is 57.4 Å². The van der Waals surface area contributed by atoms with Crippen molar-refractivity contribution >= 4 is 29.2 Å². The van der Waals surface area contributed by atoms with Crippen LogP contribution < -0.4 is 5.73 Å². The average Bonchev–Trinajstić information content (AvgIpc) is 3.35. The minimum absolute atomic E-state index is 0.00748. The summed E-state index contributed by atoms with van der Waals surface area (Å²) in [6.45, 7) is 6.14. The van der Waals surface area contributed by atoms with Crippen molar-refractivity contribution in [3.8, 4) is 6.07 Å².